The molecule has 1 aliphatic carbocycles. The predicted molar refractivity (Wildman–Crippen MR) is 84.2 cm³/mol. The molecule has 24 heavy (non-hydrogen) atoms. The first-order valence-electron chi connectivity index (χ1n) is 7.68. The monoisotopic (exact) mass is 353 g/mol. The zero-order valence-corrected chi connectivity index (χ0v) is 13.9. The van der Waals surface area contributed by atoms with E-state index in [2.05, 4.69) is 15.5 Å². The molecular formula is C16H17ClFN3O3. The third-order valence-electron chi connectivity index (χ3n) is 4.05. The van der Waals surface area contributed by atoms with E-state index >= 15 is 0 Å². The summed E-state index contributed by atoms with van der Waals surface area (Å²) in [5.74, 6) is 0.441. The second-order valence-corrected chi connectivity index (χ2v) is 6.25. The maximum atomic E-state index is 13.1. The molecule has 1 fully saturated rings. The van der Waals surface area contributed by atoms with Crippen molar-refractivity contribution in [1.82, 2.24) is 15.5 Å². The molecule has 1 aliphatic rings. The van der Waals surface area contributed by atoms with Crippen molar-refractivity contribution in [3.8, 4) is 5.75 Å². The standard InChI is InChI=1S/C16H17ClFN3O3/c1-10-19-15(21-24-10)16(6-2-3-7-16)20-14(22)9-23-11-4-5-13(18)12(17)8-11/h4-5,8H,2-3,6-7,9H2,1H3,(H,20,22). The van der Waals surface area contributed by atoms with Gasteiger partial charge in [-0.25, -0.2) is 4.39 Å². The van der Waals surface area contributed by atoms with Crippen LogP contribution in [-0.4, -0.2) is 22.7 Å². The minimum Gasteiger partial charge on any atom is -0.484 e. The highest BCUT2D eigenvalue weighted by atomic mass is 35.5. The van der Waals surface area contributed by atoms with Crippen LogP contribution in [0, 0.1) is 12.7 Å². The molecule has 0 aliphatic heterocycles. The van der Waals surface area contributed by atoms with Gasteiger partial charge in [-0.15, -0.1) is 0 Å². The van der Waals surface area contributed by atoms with E-state index < -0.39 is 11.4 Å². The number of halogens is 2. The van der Waals surface area contributed by atoms with Gasteiger partial charge in [-0.1, -0.05) is 29.6 Å². The number of benzene rings is 1. The van der Waals surface area contributed by atoms with Gasteiger partial charge >= 0.3 is 0 Å². The average Bonchev–Trinajstić information content (AvgIpc) is 3.18. The smallest absolute Gasteiger partial charge is 0.258 e. The summed E-state index contributed by atoms with van der Waals surface area (Å²) in [5.41, 5.74) is -0.612. The molecule has 1 aromatic carbocycles. The first-order chi connectivity index (χ1) is 11.5. The zero-order chi connectivity index (χ0) is 17.2. The lowest BCUT2D eigenvalue weighted by atomic mass is 9.96. The zero-order valence-electron chi connectivity index (χ0n) is 13.1. The number of rotatable bonds is 5. The summed E-state index contributed by atoms with van der Waals surface area (Å²) in [7, 11) is 0. The Labute approximate surface area is 143 Å². The summed E-state index contributed by atoms with van der Waals surface area (Å²) in [6, 6.07) is 3.94. The number of carbonyl (C=O) groups excluding carboxylic acids is 1. The van der Waals surface area contributed by atoms with Crippen molar-refractivity contribution in [2.45, 2.75) is 38.1 Å². The number of hydrogen-bond acceptors (Lipinski definition) is 5. The molecule has 128 valence electrons. The van der Waals surface area contributed by atoms with Gasteiger partial charge in [0.05, 0.1) is 5.02 Å². The summed E-state index contributed by atoms with van der Waals surface area (Å²) in [4.78, 5) is 16.5. The van der Waals surface area contributed by atoms with Gasteiger partial charge in [-0.05, 0) is 25.0 Å². The Morgan fingerprint density at radius 1 is 1.46 bits per heavy atom. The lowest BCUT2D eigenvalue weighted by molar-refractivity contribution is -0.125. The molecule has 0 bridgehead atoms. The average molecular weight is 354 g/mol. The summed E-state index contributed by atoms with van der Waals surface area (Å²) < 4.78 is 23.5. The van der Waals surface area contributed by atoms with Gasteiger partial charge < -0.3 is 14.6 Å². The Morgan fingerprint density at radius 2 is 2.21 bits per heavy atom. The largest absolute Gasteiger partial charge is 0.484 e. The number of aromatic nitrogens is 2. The lowest BCUT2D eigenvalue weighted by Crippen LogP contribution is -2.46. The molecule has 2 aromatic rings. The highest BCUT2D eigenvalue weighted by molar-refractivity contribution is 6.30. The highest BCUT2D eigenvalue weighted by Gasteiger charge is 2.41. The molecule has 1 aromatic heterocycles. The van der Waals surface area contributed by atoms with E-state index in [4.69, 9.17) is 20.9 Å². The van der Waals surface area contributed by atoms with Crippen molar-refractivity contribution in [3.63, 3.8) is 0 Å². The van der Waals surface area contributed by atoms with Gasteiger partial charge in [-0.2, -0.15) is 4.98 Å². The van der Waals surface area contributed by atoms with Crippen LogP contribution in [0.4, 0.5) is 4.39 Å². The Bertz CT molecular complexity index is 744. The Kier molecular flexibility index (Phi) is 4.71. The third-order valence-corrected chi connectivity index (χ3v) is 4.34. The number of carbonyl (C=O) groups is 1. The molecule has 0 spiro atoms. The molecule has 8 heteroatoms. The van der Waals surface area contributed by atoms with Crippen LogP contribution in [0.2, 0.25) is 5.02 Å². The van der Waals surface area contributed by atoms with Gasteiger partial charge in [0, 0.05) is 13.0 Å². The normalized spacial score (nSPS) is 16.1. The SMILES string of the molecule is Cc1nc(C2(NC(=O)COc3ccc(F)c(Cl)c3)CCCC2)no1. The number of aryl methyl sites for hydroxylation is 1. The van der Waals surface area contributed by atoms with Crippen molar-refractivity contribution < 1.29 is 18.4 Å². The van der Waals surface area contributed by atoms with Crippen LogP contribution < -0.4 is 10.1 Å². The van der Waals surface area contributed by atoms with Crippen LogP contribution in [0.5, 0.6) is 5.75 Å². The Morgan fingerprint density at radius 3 is 2.83 bits per heavy atom. The van der Waals surface area contributed by atoms with Crippen molar-refractivity contribution in [1.29, 1.82) is 0 Å². The maximum absolute atomic E-state index is 13.1. The maximum Gasteiger partial charge on any atom is 0.258 e. The molecule has 0 unspecified atom stereocenters. The molecule has 1 amide bonds. The van der Waals surface area contributed by atoms with E-state index in [0.717, 1.165) is 25.7 Å². The summed E-state index contributed by atoms with van der Waals surface area (Å²) >= 11 is 5.69. The van der Waals surface area contributed by atoms with Crippen LogP contribution in [0.15, 0.2) is 22.7 Å². The molecule has 1 heterocycles. The van der Waals surface area contributed by atoms with Gasteiger partial charge in [0.2, 0.25) is 5.89 Å². The van der Waals surface area contributed by atoms with Gasteiger partial charge in [0.1, 0.15) is 17.1 Å². The van der Waals surface area contributed by atoms with Crippen molar-refractivity contribution >= 4 is 17.5 Å². The number of nitrogens with one attached hydrogen (secondary N) is 1. The first-order valence-corrected chi connectivity index (χ1v) is 8.06. The second kappa shape index (κ2) is 6.76. The molecule has 6 nitrogen and oxygen atoms in total. The summed E-state index contributed by atoms with van der Waals surface area (Å²) in [6.45, 7) is 1.50. The van der Waals surface area contributed by atoms with Crippen LogP contribution in [0.25, 0.3) is 0 Å². The molecule has 0 atom stereocenters. The topological polar surface area (TPSA) is 77.2 Å². The van der Waals surface area contributed by atoms with E-state index in [-0.39, 0.29) is 17.5 Å². The second-order valence-electron chi connectivity index (χ2n) is 5.84. The first kappa shape index (κ1) is 16.7. The minimum atomic E-state index is -0.612. The third kappa shape index (κ3) is 3.51. The highest BCUT2D eigenvalue weighted by Crippen LogP contribution is 2.37. The number of ether oxygens (including phenoxy) is 1. The Balaban J connectivity index is 1.65. The minimum absolute atomic E-state index is 0.0533. The fourth-order valence-corrected chi connectivity index (χ4v) is 3.07. The van der Waals surface area contributed by atoms with E-state index in [1.54, 1.807) is 6.92 Å². The van der Waals surface area contributed by atoms with E-state index in [1.807, 2.05) is 0 Å². The predicted octanol–water partition coefficient (Wildman–Crippen LogP) is 3.14. The van der Waals surface area contributed by atoms with Gasteiger partial charge in [0.25, 0.3) is 5.91 Å². The van der Waals surface area contributed by atoms with Crippen LogP contribution in [0.1, 0.15) is 37.4 Å². The van der Waals surface area contributed by atoms with Gasteiger partial charge in [0.15, 0.2) is 12.4 Å². The molecule has 0 saturated heterocycles. The number of amides is 1. The van der Waals surface area contributed by atoms with Crippen molar-refractivity contribution in [2.24, 2.45) is 0 Å². The fourth-order valence-electron chi connectivity index (χ4n) is 2.90. The van der Waals surface area contributed by atoms with Crippen LogP contribution in [0.3, 0.4) is 0 Å². The summed E-state index contributed by atoms with van der Waals surface area (Å²) in [5, 5.41) is 6.87. The van der Waals surface area contributed by atoms with E-state index in [9.17, 15) is 9.18 Å². The van der Waals surface area contributed by atoms with Crippen LogP contribution in [-0.2, 0) is 10.3 Å². The molecule has 3 rings (SSSR count). The van der Waals surface area contributed by atoms with E-state index in [1.165, 1.54) is 18.2 Å². The van der Waals surface area contributed by atoms with Gasteiger partial charge in [-0.3, -0.25) is 4.79 Å². The van der Waals surface area contributed by atoms with E-state index in [0.29, 0.717) is 17.5 Å². The fraction of sp³-hybridized carbons (Fsp3) is 0.438. The quantitative estimate of drug-likeness (QED) is 0.893. The molecule has 1 N–H and O–H groups in total. The van der Waals surface area contributed by atoms with Crippen molar-refractivity contribution in [3.05, 3.63) is 40.8 Å². The lowest BCUT2D eigenvalue weighted by Gasteiger charge is -2.26. The molecular weight excluding hydrogens is 337 g/mol. The number of hydrogen-bond donors (Lipinski definition) is 1. The molecule has 0 radical (unpaired) electrons. The summed E-state index contributed by atoms with van der Waals surface area (Å²) in [6.07, 6.45) is 3.45. The van der Waals surface area contributed by atoms with Crippen molar-refractivity contribution in [2.75, 3.05) is 6.61 Å². The Hall–Kier alpha value is -2.15. The van der Waals surface area contributed by atoms with Crippen LogP contribution >= 0.6 is 11.6 Å². The molecule has 1 saturated carbocycles. The number of nitrogens with zero attached hydrogens (tertiary/aromatic N) is 2.